The zero-order valence-corrected chi connectivity index (χ0v) is 42.0. The Balaban J connectivity index is 4.78. The third-order valence-corrected chi connectivity index (χ3v) is 12.2. The van der Waals surface area contributed by atoms with Crippen molar-refractivity contribution in [3.63, 3.8) is 0 Å². The molecular formula is C52H90O16. The quantitative estimate of drug-likeness (QED) is 0.0251. The Morgan fingerprint density at radius 2 is 0.529 bits per heavy atom. The van der Waals surface area contributed by atoms with Gasteiger partial charge in [-0.15, -0.1) is 0 Å². The Morgan fingerprint density at radius 1 is 0.309 bits per heavy atom. The van der Waals surface area contributed by atoms with Gasteiger partial charge in [0.1, 0.15) is 0 Å². The highest BCUT2D eigenvalue weighted by Gasteiger charge is 2.49. The number of aliphatic carboxylic acids is 4. The zero-order valence-electron chi connectivity index (χ0n) is 42.0. The van der Waals surface area contributed by atoms with E-state index in [1.54, 1.807) is 0 Å². The number of carboxylic acids is 4. The third-order valence-electron chi connectivity index (χ3n) is 12.2. The van der Waals surface area contributed by atoms with E-state index in [2.05, 4.69) is 13.8 Å². The summed E-state index contributed by atoms with van der Waals surface area (Å²) >= 11 is 0. The Hall–Kier alpha value is -4.24. The molecule has 0 aliphatic heterocycles. The maximum absolute atomic E-state index is 12.8. The Labute approximate surface area is 406 Å². The molecule has 0 aromatic heterocycles. The lowest BCUT2D eigenvalue weighted by Gasteiger charge is -2.28. The van der Waals surface area contributed by atoms with Gasteiger partial charge in [-0.05, 0) is 12.8 Å². The van der Waals surface area contributed by atoms with Crippen molar-refractivity contribution in [1.29, 1.82) is 0 Å². The summed E-state index contributed by atoms with van der Waals surface area (Å²) in [5, 5.41) is 38.8. The van der Waals surface area contributed by atoms with Crippen molar-refractivity contribution in [2.45, 2.75) is 269 Å². The number of carbonyl (C=O) groups is 8. The van der Waals surface area contributed by atoms with Gasteiger partial charge >= 0.3 is 47.8 Å². The summed E-state index contributed by atoms with van der Waals surface area (Å²) < 4.78 is 20.3. The fourth-order valence-corrected chi connectivity index (χ4v) is 8.13. The van der Waals surface area contributed by atoms with E-state index in [0.717, 1.165) is 64.2 Å². The molecule has 2 atom stereocenters. The van der Waals surface area contributed by atoms with Gasteiger partial charge in [0, 0.05) is 0 Å². The van der Waals surface area contributed by atoms with Crippen LogP contribution in [0, 0.1) is 0 Å². The average Bonchev–Trinajstić information content (AvgIpc) is 3.27. The summed E-state index contributed by atoms with van der Waals surface area (Å²) in [7, 11) is 0. The predicted octanol–water partition coefficient (Wildman–Crippen LogP) is 11.8. The van der Waals surface area contributed by atoms with Crippen LogP contribution in [0.3, 0.4) is 0 Å². The molecule has 68 heavy (non-hydrogen) atoms. The minimum absolute atomic E-state index is 0.0609. The van der Waals surface area contributed by atoms with Gasteiger partial charge in [0.15, 0.2) is 0 Å². The molecule has 0 aromatic rings. The molecule has 0 aromatic carbocycles. The standard InChI is InChI=1S/C52H90O16/c1-3-5-7-9-11-13-15-17-19-21-23-25-27-29-31-33-37-65-47(59)41-51(49(61)62,39-43(53)54)67-45(57)35-36-46(58)68-52(50(63)64,40-44(55)56)42-48(60)66-38-34-32-30-28-26-24-22-20-18-16-14-12-10-8-6-4-2/h3-42H2,1-2H3,(H,53,54)(H,55,56)(H,61,62)(H,63,64). The fourth-order valence-electron chi connectivity index (χ4n) is 8.13. The first-order chi connectivity index (χ1) is 32.6. The van der Waals surface area contributed by atoms with Crippen molar-refractivity contribution in [3.05, 3.63) is 0 Å². The molecule has 0 heterocycles. The predicted molar refractivity (Wildman–Crippen MR) is 257 cm³/mol. The number of esters is 4. The number of hydrogen-bond donors (Lipinski definition) is 4. The van der Waals surface area contributed by atoms with E-state index in [4.69, 9.17) is 18.9 Å². The minimum Gasteiger partial charge on any atom is -0.481 e. The van der Waals surface area contributed by atoms with Crippen LogP contribution in [0.4, 0.5) is 0 Å². The number of rotatable bonds is 49. The normalized spacial score (nSPS) is 12.9. The fraction of sp³-hybridized carbons (Fsp3) is 0.846. The first-order valence-corrected chi connectivity index (χ1v) is 26.3. The number of unbranched alkanes of at least 4 members (excludes halogenated alkanes) is 30. The highest BCUT2D eigenvalue weighted by molar-refractivity contribution is 5.93. The first-order valence-electron chi connectivity index (χ1n) is 26.3. The average molecular weight is 971 g/mol. The van der Waals surface area contributed by atoms with Crippen LogP contribution in [0.25, 0.3) is 0 Å². The molecule has 0 aliphatic carbocycles. The zero-order chi connectivity index (χ0) is 50.7. The molecule has 0 saturated carbocycles. The van der Waals surface area contributed by atoms with Gasteiger partial charge in [0.05, 0.1) is 51.7 Å². The van der Waals surface area contributed by atoms with E-state index in [9.17, 15) is 58.8 Å². The molecule has 16 heteroatoms. The summed E-state index contributed by atoms with van der Waals surface area (Å²) in [5.41, 5.74) is -5.80. The molecule has 0 saturated heterocycles. The summed E-state index contributed by atoms with van der Waals surface area (Å²) in [4.78, 5) is 98.9. The molecule has 394 valence electrons. The van der Waals surface area contributed by atoms with E-state index in [1.807, 2.05) is 0 Å². The lowest BCUT2D eigenvalue weighted by molar-refractivity contribution is -0.190. The summed E-state index contributed by atoms with van der Waals surface area (Å²) in [6.45, 7) is 4.32. The molecule has 0 rings (SSSR count). The first kappa shape index (κ1) is 63.8. The van der Waals surface area contributed by atoms with Crippen LogP contribution in [0.1, 0.15) is 258 Å². The number of ether oxygens (including phenoxy) is 4. The second-order valence-electron chi connectivity index (χ2n) is 18.6. The van der Waals surface area contributed by atoms with Crippen molar-refractivity contribution in [2.75, 3.05) is 13.2 Å². The summed E-state index contributed by atoms with van der Waals surface area (Å²) in [6.07, 6.45) is 29.8. The van der Waals surface area contributed by atoms with E-state index in [1.165, 1.54) is 128 Å². The van der Waals surface area contributed by atoms with Crippen LogP contribution in [-0.4, -0.2) is 92.6 Å². The van der Waals surface area contributed by atoms with Gasteiger partial charge in [-0.1, -0.05) is 206 Å². The highest BCUT2D eigenvalue weighted by atomic mass is 16.6. The Kier molecular flexibility index (Phi) is 39.1. The van der Waals surface area contributed by atoms with Crippen molar-refractivity contribution in [1.82, 2.24) is 0 Å². The van der Waals surface area contributed by atoms with Crippen LogP contribution < -0.4 is 0 Å². The maximum Gasteiger partial charge on any atom is 0.349 e. The molecule has 0 bridgehead atoms. The molecule has 0 fully saturated rings. The monoisotopic (exact) mass is 971 g/mol. The lowest BCUT2D eigenvalue weighted by atomic mass is 9.95. The highest BCUT2D eigenvalue weighted by Crippen LogP contribution is 2.27. The van der Waals surface area contributed by atoms with E-state index in [-0.39, 0.29) is 13.2 Å². The second kappa shape index (κ2) is 41.7. The Morgan fingerprint density at radius 3 is 0.735 bits per heavy atom. The Bertz CT molecular complexity index is 1310. The van der Waals surface area contributed by atoms with Gasteiger partial charge in [0.2, 0.25) is 11.2 Å². The number of carboxylic acid groups (broad SMARTS) is 4. The van der Waals surface area contributed by atoms with Crippen molar-refractivity contribution < 1.29 is 77.7 Å². The lowest BCUT2D eigenvalue weighted by Crippen LogP contribution is -2.48. The smallest absolute Gasteiger partial charge is 0.349 e. The second-order valence-corrected chi connectivity index (χ2v) is 18.6. The van der Waals surface area contributed by atoms with Gasteiger partial charge in [-0.25, -0.2) is 9.59 Å². The summed E-state index contributed by atoms with van der Waals surface area (Å²) in [6, 6.07) is 0. The summed E-state index contributed by atoms with van der Waals surface area (Å²) in [5.74, 6) is -12.5. The van der Waals surface area contributed by atoms with Crippen LogP contribution in [0.5, 0.6) is 0 Å². The maximum atomic E-state index is 12.8. The van der Waals surface area contributed by atoms with Gasteiger partial charge in [0.25, 0.3) is 0 Å². The molecule has 0 amide bonds. The topological polar surface area (TPSA) is 254 Å². The number of carbonyl (C=O) groups excluding carboxylic acids is 4. The molecule has 16 nitrogen and oxygen atoms in total. The SMILES string of the molecule is CCCCCCCCCCCCCCCCCCOC(=O)CC(CC(=O)O)(OC(=O)CCC(=O)OC(CC(=O)O)(CC(=O)OCCCCCCCCCCCCCCCCCC)C(=O)O)C(=O)O. The van der Waals surface area contributed by atoms with E-state index in [0.29, 0.717) is 12.8 Å². The third kappa shape index (κ3) is 35.0. The van der Waals surface area contributed by atoms with Crippen LogP contribution in [-0.2, 0) is 57.3 Å². The molecule has 4 N–H and O–H groups in total. The minimum atomic E-state index is -2.90. The van der Waals surface area contributed by atoms with Gasteiger partial charge < -0.3 is 39.4 Å². The van der Waals surface area contributed by atoms with E-state index >= 15 is 0 Å². The van der Waals surface area contributed by atoms with Gasteiger partial charge in [-0.2, -0.15) is 0 Å². The largest absolute Gasteiger partial charge is 0.481 e. The van der Waals surface area contributed by atoms with E-state index < -0.39 is 97.5 Å². The van der Waals surface area contributed by atoms with Crippen LogP contribution in [0.2, 0.25) is 0 Å². The van der Waals surface area contributed by atoms with Crippen LogP contribution in [0.15, 0.2) is 0 Å². The van der Waals surface area contributed by atoms with Crippen molar-refractivity contribution in [3.8, 4) is 0 Å². The molecule has 0 radical (unpaired) electrons. The number of hydrogen-bond acceptors (Lipinski definition) is 12. The molecule has 2 unspecified atom stereocenters. The molecule has 0 aliphatic rings. The van der Waals surface area contributed by atoms with Gasteiger partial charge in [-0.3, -0.25) is 28.8 Å². The molecular weight excluding hydrogens is 881 g/mol. The van der Waals surface area contributed by atoms with Crippen molar-refractivity contribution >= 4 is 47.8 Å². The van der Waals surface area contributed by atoms with Crippen LogP contribution >= 0.6 is 0 Å². The van der Waals surface area contributed by atoms with Crippen molar-refractivity contribution in [2.24, 2.45) is 0 Å². The molecule has 0 spiro atoms.